The molecule has 0 aliphatic carbocycles. The molecule has 0 saturated carbocycles. The summed E-state index contributed by atoms with van der Waals surface area (Å²) in [5.41, 5.74) is 2.97. The first-order valence-electron chi connectivity index (χ1n) is 9.11. The quantitative estimate of drug-likeness (QED) is 0.456. The molecule has 1 N–H and O–H groups in total. The number of nitrogens with zero attached hydrogens (tertiary/aromatic N) is 3. The first kappa shape index (κ1) is 19.0. The molecule has 2 heterocycles. The van der Waals surface area contributed by atoms with E-state index in [1.165, 1.54) is 4.52 Å². The molecule has 148 valence electrons. The van der Waals surface area contributed by atoms with Crippen LogP contribution in [-0.2, 0) is 6.18 Å². The molecular formula is C22H19F3N4. The summed E-state index contributed by atoms with van der Waals surface area (Å²) in [5, 5.41) is 7.08. The number of nitrogens with one attached hydrogen (secondary N) is 1. The smallest absolute Gasteiger partial charge is 0.340 e. The molecule has 0 bridgehead atoms. The minimum Gasteiger partial charge on any atom is -0.340 e. The SMILES string of the molecule is Cc1ccc(-c2c(C(F)(F)F)nn3c(Nc4cccc(C)c4)cc(C)nc23)cc1. The Morgan fingerprint density at radius 3 is 2.28 bits per heavy atom. The van der Waals surface area contributed by atoms with Crippen LogP contribution in [0.5, 0.6) is 0 Å². The Balaban J connectivity index is 1.97. The van der Waals surface area contributed by atoms with Gasteiger partial charge in [0, 0.05) is 17.4 Å². The second kappa shape index (κ2) is 6.92. The lowest BCUT2D eigenvalue weighted by Crippen LogP contribution is -2.08. The monoisotopic (exact) mass is 396 g/mol. The largest absolute Gasteiger partial charge is 0.435 e. The molecule has 0 fully saturated rings. The maximum absolute atomic E-state index is 13.8. The first-order valence-corrected chi connectivity index (χ1v) is 9.11. The number of alkyl halides is 3. The molecule has 0 radical (unpaired) electrons. The van der Waals surface area contributed by atoms with Crippen molar-refractivity contribution in [1.29, 1.82) is 0 Å². The molecule has 2 aromatic carbocycles. The molecule has 4 rings (SSSR count). The van der Waals surface area contributed by atoms with Gasteiger partial charge in [-0.3, -0.25) is 0 Å². The highest BCUT2D eigenvalue weighted by Gasteiger charge is 2.39. The molecule has 4 nitrogen and oxygen atoms in total. The number of halogens is 3. The molecule has 0 aliphatic heterocycles. The van der Waals surface area contributed by atoms with Crippen LogP contribution in [0, 0.1) is 20.8 Å². The fraction of sp³-hybridized carbons (Fsp3) is 0.182. The normalized spacial score (nSPS) is 11.8. The zero-order valence-electron chi connectivity index (χ0n) is 16.2. The fourth-order valence-corrected chi connectivity index (χ4v) is 3.28. The van der Waals surface area contributed by atoms with Gasteiger partial charge in [-0.25, -0.2) is 4.98 Å². The maximum atomic E-state index is 13.8. The van der Waals surface area contributed by atoms with Crippen LogP contribution in [-0.4, -0.2) is 14.6 Å². The number of anilines is 2. The summed E-state index contributed by atoms with van der Waals surface area (Å²) >= 11 is 0. The summed E-state index contributed by atoms with van der Waals surface area (Å²) in [6, 6.07) is 16.2. The van der Waals surface area contributed by atoms with Crippen molar-refractivity contribution in [2.75, 3.05) is 5.32 Å². The van der Waals surface area contributed by atoms with E-state index < -0.39 is 11.9 Å². The molecule has 0 saturated heterocycles. The van der Waals surface area contributed by atoms with E-state index in [4.69, 9.17) is 0 Å². The second-order valence-electron chi connectivity index (χ2n) is 7.10. The number of aryl methyl sites for hydroxylation is 3. The van der Waals surface area contributed by atoms with Crippen LogP contribution in [0.4, 0.5) is 24.7 Å². The number of hydrogen-bond acceptors (Lipinski definition) is 3. The fourth-order valence-electron chi connectivity index (χ4n) is 3.28. The molecule has 0 spiro atoms. The highest BCUT2D eigenvalue weighted by Crippen LogP contribution is 2.39. The van der Waals surface area contributed by atoms with Gasteiger partial charge < -0.3 is 5.32 Å². The van der Waals surface area contributed by atoms with Gasteiger partial charge in [0.15, 0.2) is 11.3 Å². The zero-order chi connectivity index (χ0) is 20.8. The number of benzene rings is 2. The summed E-state index contributed by atoms with van der Waals surface area (Å²) in [4.78, 5) is 4.39. The Hall–Kier alpha value is -3.35. The number of hydrogen-bond donors (Lipinski definition) is 1. The van der Waals surface area contributed by atoms with Crippen molar-refractivity contribution in [1.82, 2.24) is 14.6 Å². The predicted molar refractivity (Wildman–Crippen MR) is 107 cm³/mol. The summed E-state index contributed by atoms with van der Waals surface area (Å²) in [6.07, 6.45) is -4.61. The molecule has 0 unspecified atom stereocenters. The van der Waals surface area contributed by atoms with E-state index in [0.717, 1.165) is 16.8 Å². The standard InChI is InChI=1S/C22H19F3N4/c1-13-7-9-16(10-8-13)19-20(22(23,24)25)28-29-18(12-15(3)26-21(19)29)27-17-6-4-5-14(2)11-17/h4-12,27H,1-3H3. The molecule has 29 heavy (non-hydrogen) atoms. The van der Waals surface area contributed by atoms with E-state index in [1.54, 1.807) is 37.3 Å². The lowest BCUT2D eigenvalue weighted by atomic mass is 10.0. The third-order valence-corrected chi connectivity index (χ3v) is 4.62. The zero-order valence-corrected chi connectivity index (χ0v) is 16.2. The van der Waals surface area contributed by atoms with Crippen LogP contribution in [0.15, 0.2) is 54.6 Å². The molecular weight excluding hydrogens is 377 g/mol. The molecule has 0 atom stereocenters. The van der Waals surface area contributed by atoms with Crippen LogP contribution in [0.1, 0.15) is 22.5 Å². The Labute approximate surface area is 166 Å². The summed E-state index contributed by atoms with van der Waals surface area (Å²) < 4.78 is 42.7. The van der Waals surface area contributed by atoms with Crippen molar-refractivity contribution < 1.29 is 13.2 Å². The van der Waals surface area contributed by atoms with Gasteiger partial charge in [-0.15, -0.1) is 0 Å². The van der Waals surface area contributed by atoms with Gasteiger partial charge in [0.1, 0.15) is 5.82 Å². The predicted octanol–water partition coefficient (Wildman–Crippen LogP) is 6.08. The van der Waals surface area contributed by atoms with Gasteiger partial charge in [0.25, 0.3) is 0 Å². The highest BCUT2D eigenvalue weighted by atomic mass is 19.4. The van der Waals surface area contributed by atoms with Crippen molar-refractivity contribution >= 4 is 17.2 Å². The van der Waals surface area contributed by atoms with Crippen molar-refractivity contribution in [2.24, 2.45) is 0 Å². The number of rotatable bonds is 3. The number of aromatic nitrogens is 3. The lowest BCUT2D eigenvalue weighted by molar-refractivity contribution is -0.140. The van der Waals surface area contributed by atoms with Crippen molar-refractivity contribution in [3.05, 3.63) is 77.1 Å². The average Bonchev–Trinajstić information content (AvgIpc) is 3.02. The molecule has 7 heteroatoms. The van der Waals surface area contributed by atoms with E-state index in [1.807, 2.05) is 38.1 Å². The summed E-state index contributed by atoms with van der Waals surface area (Å²) in [5.74, 6) is 0.418. The Kier molecular flexibility index (Phi) is 4.53. The molecule has 0 aliphatic rings. The van der Waals surface area contributed by atoms with Crippen LogP contribution < -0.4 is 5.32 Å². The van der Waals surface area contributed by atoms with Gasteiger partial charge in [-0.05, 0) is 44.0 Å². The molecule has 2 aromatic heterocycles. The minimum atomic E-state index is -4.61. The van der Waals surface area contributed by atoms with E-state index in [-0.39, 0.29) is 11.2 Å². The van der Waals surface area contributed by atoms with Crippen molar-refractivity contribution in [2.45, 2.75) is 26.9 Å². The van der Waals surface area contributed by atoms with E-state index >= 15 is 0 Å². The van der Waals surface area contributed by atoms with Gasteiger partial charge in [-0.1, -0.05) is 42.0 Å². The van der Waals surface area contributed by atoms with Crippen LogP contribution >= 0.6 is 0 Å². The highest BCUT2D eigenvalue weighted by molar-refractivity contribution is 5.82. The van der Waals surface area contributed by atoms with E-state index in [2.05, 4.69) is 15.4 Å². The molecule has 4 aromatic rings. The van der Waals surface area contributed by atoms with Crippen LogP contribution in [0.25, 0.3) is 16.8 Å². The average molecular weight is 396 g/mol. The van der Waals surface area contributed by atoms with Crippen LogP contribution in [0.3, 0.4) is 0 Å². The van der Waals surface area contributed by atoms with Gasteiger partial charge in [0.2, 0.25) is 0 Å². The number of fused-ring (bicyclic) bond motifs is 1. The maximum Gasteiger partial charge on any atom is 0.435 e. The van der Waals surface area contributed by atoms with Crippen molar-refractivity contribution in [3.8, 4) is 11.1 Å². The Morgan fingerprint density at radius 2 is 1.62 bits per heavy atom. The third kappa shape index (κ3) is 3.68. The first-order chi connectivity index (χ1) is 13.7. The van der Waals surface area contributed by atoms with Crippen molar-refractivity contribution in [3.63, 3.8) is 0 Å². The van der Waals surface area contributed by atoms with Gasteiger partial charge >= 0.3 is 6.18 Å². The minimum absolute atomic E-state index is 0.0199. The second-order valence-corrected chi connectivity index (χ2v) is 7.10. The Bertz CT molecular complexity index is 1190. The molecule has 0 amide bonds. The topological polar surface area (TPSA) is 42.2 Å². The summed E-state index contributed by atoms with van der Waals surface area (Å²) in [7, 11) is 0. The van der Waals surface area contributed by atoms with E-state index in [0.29, 0.717) is 17.1 Å². The van der Waals surface area contributed by atoms with Crippen LogP contribution in [0.2, 0.25) is 0 Å². The van der Waals surface area contributed by atoms with Gasteiger partial charge in [-0.2, -0.15) is 22.8 Å². The summed E-state index contributed by atoms with van der Waals surface area (Å²) in [6.45, 7) is 5.58. The third-order valence-electron chi connectivity index (χ3n) is 4.62. The Morgan fingerprint density at radius 1 is 0.897 bits per heavy atom. The van der Waals surface area contributed by atoms with E-state index in [9.17, 15) is 13.2 Å². The lowest BCUT2D eigenvalue weighted by Gasteiger charge is -2.10. The van der Waals surface area contributed by atoms with Gasteiger partial charge in [0.05, 0.1) is 5.56 Å².